The predicted molar refractivity (Wildman–Crippen MR) is 140 cm³/mol. The number of amides is 1. The van der Waals surface area contributed by atoms with Gasteiger partial charge in [0, 0.05) is 5.57 Å². The second-order valence-corrected chi connectivity index (χ2v) is 11.0. The number of aromatic nitrogens is 2. The number of hydrogen-bond donors (Lipinski definition) is 1. The first-order chi connectivity index (χ1) is 18.3. The number of sulfone groups is 1. The average Bonchev–Trinajstić information content (AvgIpc) is 3.35. The summed E-state index contributed by atoms with van der Waals surface area (Å²) in [6.45, 7) is -0.480. The monoisotopic (exact) mass is 537 g/mol. The number of allylic oxidation sites excluding steroid dienone is 1. The molecule has 7 nitrogen and oxygen atoms in total. The number of hydrogen-bond acceptors (Lipinski definition) is 5. The largest absolute Gasteiger partial charge is 0.495 e. The number of carbonyl (C=O) groups excluding carboxylic acids is 1. The van der Waals surface area contributed by atoms with Crippen LogP contribution in [0.15, 0.2) is 77.6 Å². The molecule has 0 bridgehead atoms. The molecule has 5 rings (SSSR count). The van der Waals surface area contributed by atoms with Gasteiger partial charge in [-0.15, -0.1) is 0 Å². The third-order valence-electron chi connectivity index (χ3n) is 6.53. The molecule has 0 saturated carbocycles. The zero-order valence-electron chi connectivity index (χ0n) is 20.6. The molecule has 0 aliphatic heterocycles. The highest BCUT2D eigenvalue weighted by molar-refractivity contribution is 7.92. The number of ether oxygens (including phenoxy) is 1. The van der Waals surface area contributed by atoms with E-state index in [9.17, 15) is 17.6 Å². The van der Waals surface area contributed by atoms with Crippen LogP contribution in [0.3, 0.4) is 0 Å². The number of aryl methyl sites for hydroxylation is 1. The first-order valence-electron chi connectivity index (χ1n) is 12.0. The van der Waals surface area contributed by atoms with Crippen molar-refractivity contribution in [2.75, 3.05) is 19.4 Å². The van der Waals surface area contributed by atoms with E-state index in [1.54, 1.807) is 10.9 Å². The smallest absolute Gasteiger partial charge is 0.235 e. The van der Waals surface area contributed by atoms with Crippen molar-refractivity contribution in [3.8, 4) is 11.4 Å². The van der Waals surface area contributed by atoms with Gasteiger partial charge >= 0.3 is 0 Å². The standard InChI is InChI=1S/C28H25F2N3O4S/c1-37-25-12-10-21(29)14-26(25)38(35,36)17-27(34)31-16-24(30)23-8-4-7-20-15-32-33(28(20)23)22-11-9-18-5-2-3-6-19(18)13-22/h2-3,5-6,9-15H,4,7-8,16-17H2,1H3,(H,31,34)/b24-23-. The minimum absolute atomic E-state index is 0.0795. The summed E-state index contributed by atoms with van der Waals surface area (Å²) < 4.78 is 61.3. The Kier molecular flexibility index (Phi) is 6.98. The van der Waals surface area contributed by atoms with Crippen LogP contribution in [0.5, 0.6) is 5.75 Å². The molecule has 1 aliphatic rings. The Balaban J connectivity index is 1.37. The summed E-state index contributed by atoms with van der Waals surface area (Å²) >= 11 is 0. The Bertz CT molecular complexity index is 1680. The topological polar surface area (TPSA) is 90.3 Å². The van der Waals surface area contributed by atoms with Crippen LogP contribution in [-0.4, -0.2) is 43.5 Å². The van der Waals surface area contributed by atoms with Crippen molar-refractivity contribution < 1.29 is 26.7 Å². The van der Waals surface area contributed by atoms with Crippen molar-refractivity contribution in [3.63, 3.8) is 0 Å². The van der Waals surface area contributed by atoms with Crippen LogP contribution in [0.1, 0.15) is 24.1 Å². The van der Waals surface area contributed by atoms with Crippen LogP contribution in [0.25, 0.3) is 22.0 Å². The van der Waals surface area contributed by atoms with E-state index in [4.69, 9.17) is 4.74 Å². The van der Waals surface area contributed by atoms with E-state index in [0.29, 0.717) is 17.7 Å². The number of methoxy groups -OCH3 is 1. The van der Waals surface area contributed by atoms with Crippen molar-refractivity contribution in [2.24, 2.45) is 0 Å². The van der Waals surface area contributed by atoms with E-state index in [0.717, 1.165) is 47.0 Å². The van der Waals surface area contributed by atoms with E-state index in [-0.39, 0.29) is 5.75 Å². The van der Waals surface area contributed by atoms with Gasteiger partial charge in [-0.3, -0.25) is 4.79 Å². The highest BCUT2D eigenvalue weighted by Crippen LogP contribution is 2.35. The predicted octanol–water partition coefficient (Wildman–Crippen LogP) is 4.78. The summed E-state index contributed by atoms with van der Waals surface area (Å²) in [5.74, 6) is -3.31. The van der Waals surface area contributed by atoms with Crippen molar-refractivity contribution in [1.29, 1.82) is 0 Å². The van der Waals surface area contributed by atoms with Gasteiger partial charge in [0.2, 0.25) is 5.91 Å². The maximum absolute atomic E-state index is 15.5. The third-order valence-corrected chi connectivity index (χ3v) is 8.16. The van der Waals surface area contributed by atoms with Gasteiger partial charge in [0.05, 0.1) is 31.2 Å². The van der Waals surface area contributed by atoms with Gasteiger partial charge in [0.15, 0.2) is 9.84 Å². The number of halogens is 2. The van der Waals surface area contributed by atoms with Crippen molar-refractivity contribution in [3.05, 3.63) is 89.8 Å². The Hall–Kier alpha value is -4.05. The normalized spacial score (nSPS) is 14.7. The fraction of sp³-hybridized carbons (Fsp3) is 0.214. The Labute approximate surface area is 218 Å². The molecular formula is C28H25F2N3O4S. The van der Waals surface area contributed by atoms with Crippen molar-refractivity contribution in [1.82, 2.24) is 15.1 Å². The maximum Gasteiger partial charge on any atom is 0.235 e. The number of nitrogens with zero attached hydrogens (tertiary/aromatic N) is 2. The molecule has 1 heterocycles. The number of nitrogens with one attached hydrogen (secondary N) is 1. The first-order valence-corrected chi connectivity index (χ1v) is 13.7. The van der Waals surface area contributed by atoms with E-state index in [1.165, 1.54) is 13.2 Å². The Morgan fingerprint density at radius 3 is 2.66 bits per heavy atom. The maximum atomic E-state index is 15.5. The second kappa shape index (κ2) is 10.4. The number of carbonyl (C=O) groups is 1. The van der Waals surface area contributed by atoms with Crippen LogP contribution in [0.2, 0.25) is 0 Å². The van der Waals surface area contributed by atoms with Crippen LogP contribution in [0, 0.1) is 5.82 Å². The third kappa shape index (κ3) is 5.04. The summed E-state index contributed by atoms with van der Waals surface area (Å²) in [6.07, 6.45) is 3.65. The molecule has 0 radical (unpaired) electrons. The fourth-order valence-corrected chi connectivity index (χ4v) is 6.06. The van der Waals surface area contributed by atoms with Crippen LogP contribution in [-0.2, 0) is 21.1 Å². The van der Waals surface area contributed by atoms with Gasteiger partial charge in [-0.2, -0.15) is 5.10 Å². The average molecular weight is 538 g/mol. The molecule has 0 saturated heterocycles. The van der Waals surface area contributed by atoms with Gasteiger partial charge in [0.25, 0.3) is 0 Å². The number of rotatable bonds is 7. The number of fused-ring (bicyclic) bond motifs is 2. The molecule has 1 amide bonds. The van der Waals surface area contributed by atoms with E-state index in [1.807, 2.05) is 42.5 Å². The zero-order chi connectivity index (χ0) is 26.9. The van der Waals surface area contributed by atoms with Gasteiger partial charge in [0.1, 0.15) is 28.0 Å². The van der Waals surface area contributed by atoms with Crippen LogP contribution < -0.4 is 10.1 Å². The lowest BCUT2D eigenvalue weighted by molar-refractivity contribution is -0.118. The molecule has 3 aromatic carbocycles. The molecule has 10 heteroatoms. The minimum atomic E-state index is -4.23. The van der Waals surface area contributed by atoms with Crippen LogP contribution >= 0.6 is 0 Å². The summed E-state index contributed by atoms with van der Waals surface area (Å²) in [5, 5.41) is 8.97. The van der Waals surface area contributed by atoms with Gasteiger partial charge in [-0.05, 0) is 65.9 Å². The first kappa shape index (κ1) is 25.6. The molecule has 1 aliphatic carbocycles. The lowest BCUT2D eigenvalue weighted by Crippen LogP contribution is -2.31. The SMILES string of the molecule is COc1ccc(F)cc1S(=O)(=O)CC(=O)NC/C(F)=C1\CCCc2cnn(-c3ccc4ccccc4c3)c21. The number of benzene rings is 3. The molecule has 1 aromatic heterocycles. The Morgan fingerprint density at radius 2 is 1.87 bits per heavy atom. The quantitative estimate of drug-likeness (QED) is 0.367. The highest BCUT2D eigenvalue weighted by Gasteiger charge is 2.26. The Morgan fingerprint density at radius 1 is 1.08 bits per heavy atom. The fourth-order valence-electron chi connectivity index (χ4n) is 4.71. The van der Waals surface area contributed by atoms with Crippen LogP contribution in [0.4, 0.5) is 8.78 Å². The molecule has 196 valence electrons. The molecule has 0 unspecified atom stereocenters. The molecular weight excluding hydrogens is 512 g/mol. The zero-order valence-corrected chi connectivity index (χ0v) is 21.4. The molecule has 1 N–H and O–H groups in total. The van der Waals surface area contributed by atoms with Crippen molar-refractivity contribution in [2.45, 2.75) is 24.2 Å². The molecule has 0 atom stereocenters. The van der Waals surface area contributed by atoms with Gasteiger partial charge in [-0.1, -0.05) is 30.3 Å². The summed E-state index contributed by atoms with van der Waals surface area (Å²) in [5.41, 5.74) is 2.76. The molecule has 38 heavy (non-hydrogen) atoms. The van der Waals surface area contributed by atoms with Gasteiger partial charge in [-0.25, -0.2) is 21.9 Å². The molecule has 0 fully saturated rings. The highest BCUT2D eigenvalue weighted by atomic mass is 32.2. The lowest BCUT2D eigenvalue weighted by atomic mass is 9.92. The van der Waals surface area contributed by atoms with E-state index in [2.05, 4.69) is 10.4 Å². The van der Waals surface area contributed by atoms with E-state index >= 15 is 4.39 Å². The molecule has 0 spiro atoms. The molecule has 4 aromatic rings. The van der Waals surface area contributed by atoms with Gasteiger partial charge < -0.3 is 10.1 Å². The second-order valence-electron chi connectivity index (χ2n) is 9.03. The summed E-state index contributed by atoms with van der Waals surface area (Å²) in [7, 11) is -2.98. The van der Waals surface area contributed by atoms with E-state index < -0.39 is 44.6 Å². The van der Waals surface area contributed by atoms with Crippen molar-refractivity contribution >= 4 is 32.1 Å². The summed E-state index contributed by atoms with van der Waals surface area (Å²) in [4.78, 5) is 12.0. The minimum Gasteiger partial charge on any atom is -0.495 e. The summed E-state index contributed by atoms with van der Waals surface area (Å²) in [6, 6.07) is 16.8. The lowest BCUT2D eigenvalue weighted by Gasteiger charge is -2.19.